The van der Waals surface area contributed by atoms with Crippen LogP contribution in [-0.4, -0.2) is 10.9 Å². The third-order valence-electron chi connectivity index (χ3n) is 4.86. The van der Waals surface area contributed by atoms with Gasteiger partial charge in [0.2, 0.25) is 5.89 Å². The lowest BCUT2D eigenvalue weighted by Crippen LogP contribution is -2.13. The zero-order chi connectivity index (χ0) is 22.7. The smallest absolute Gasteiger partial charge is 0.255 e. The molecule has 0 saturated carbocycles. The molecule has 0 unspecified atom stereocenters. The molecule has 1 amide bonds. The van der Waals surface area contributed by atoms with Gasteiger partial charge >= 0.3 is 0 Å². The Morgan fingerprint density at radius 1 is 1.00 bits per heavy atom. The van der Waals surface area contributed by atoms with E-state index in [0.29, 0.717) is 34.5 Å². The van der Waals surface area contributed by atoms with Crippen molar-refractivity contribution in [2.24, 2.45) is 0 Å². The number of hydrogen-bond donors (Lipinski definition) is 1. The highest BCUT2D eigenvalue weighted by Crippen LogP contribution is 2.24. The van der Waals surface area contributed by atoms with Gasteiger partial charge in [-0.05, 0) is 62.4 Å². The molecule has 4 rings (SSSR count). The fourth-order valence-corrected chi connectivity index (χ4v) is 3.02. The highest BCUT2D eigenvalue weighted by atomic mass is 19.1. The maximum Gasteiger partial charge on any atom is 0.255 e. The second-order valence-corrected chi connectivity index (χ2v) is 7.28. The molecule has 1 N–H and O–H groups in total. The summed E-state index contributed by atoms with van der Waals surface area (Å²) in [7, 11) is 0. The van der Waals surface area contributed by atoms with E-state index in [1.807, 2.05) is 38.1 Å². The molecule has 0 atom stereocenters. The second-order valence-electron chi connectivity index (χ2n) is 7.28. The summed E-state index contributed by atoms with van der Waals surface area (Å²) in [5.41, 5.74) is 2.72. The SMILES string of the molecule is Cc1ccc(OCc2nc(-c3ccc(C(=O)Nc4ccc(F)cc4F)cc3)oc2C)cc1. The lowest BCUT2D eigenvalue weighted by molar-refractivity contribution is 0.102. The molecule has 0 aliphatic heterocycles. The first-order valence-electron chi connectivity index (χ1n) is 9.91. The Balaban J connectivity index is 1.44. The van der Waals surface area contributed by atoms with E-state index >= 15 is 0 Å². The van der Waals surface area contributed by atoms with Crippen molar-refractivity contribution in [2.45, 2.75) is 20.5 Å². The van der Waals surface area contributed by atoms with Crippen molar-refractivity contribution >= 4 is 11.6 Å². The van der Waals surface area contributed by atoms with Gasteiger partial charge in [-0.25, -0.2) is 13.8 Å². The molecule has 4 aromatic rings. The molecule has 1 aromatic heterocycles. The van der Waals surface area contributed by atoms with Crippen LogP contribution in [0.3, 0.4) is 0 Å². The molecule has 0 fully saturated rings. The Kier molecular flexibility index (Phi) is 5.98. The summed E-state index contributed by atoms with van der Waals surface area (Å²) >= 11 is 0. The summed E-state index contributed by atoms with van der Waals surface area (Å²) in [5.74, 6) is -0.284. The fourth-order valence-electron chi connectivity index (χ4n) is 3.02. The minimum Gasteiger partial charge on any atom is -0.487 e. The number of benzene rings is 3. The van der Waals surface area contributed by atoms with Crippen LogP contribution in [0.1, 0.15) is 27.4 Å². The van der Waals surface area contributed by atoms with Crippen LogP contribution in [0.15, 0.2) is 71.1 Å². The fraction of sp³-hybridized carbons (Fsp3) is 0.120. The molecular formula is C25H20F2N2O3. The van der Waals surface area contributed by atoms with Gasteiger partial charge in [-0.1, -0.05) is 17.7 Å². The van der Waals surface area contributed by atoms with Crippen LogP contribution < -0.4 is 10.1 Å². The van der Waals surface area contributed by atoms with Crippen molar-refractivity contribution in [3.8, 4) is 17.2 Å². The molecule has 0 bridgehead atoms. The number of halogens is 2. The van der Waals surface area contributed by atoms with E-state index in [4.69, 9.17) is 9.15 Å². The van der Waals surface area contributed by atoms with E-state index in [1.165, 1.54) is 6.07 Å². The summed E-state index contributed by atoms with van der Waals surface area (Å²) in [4.78, 5) is 16.9. The first kappa shape index (κ1) is 21.2. The van der Waals surface area contributed by atoms with E-state index in [2.05, 4.69) is 10.3 Å². The van der Waals surface area contributed by atoms with Gasteiger partial charge in [0.1, 0.15) is 35.4 Å². The van der Waals surface area contributed by atoms with Crippen molar-refractivity contribution in [3.63, 3.8) is 0 Å². The van der Waals surface area contributed by atoms with Crippen molar-refractivity contribution in [3.05, 3.63) is 101 Å². The monoisotopic (exact) mass is 434 g/mol. The highest BCUT2D eigenvalue weighted by Gasteiger charge is 2.14. The predicted molar refractivity (Wildman–Crippen MR) is 116 cm³/mol. The summed E-state index contributed by atoms with van der Waals surface area (Å²) in [6.45, 7) is 4.08. The van der Waals surface area contributed by atoms with Crippen molar-refractivity contribution < 1.29 is 22.7 Å². The molecule has 32 heavy (non-hydrogen) atoms. The maximum absolute atomic E-state index is 13.8. The van der Waals surface area contributed by atoms with Crippen LogP contribution in [0, 0.1) is 25.5 Å². The van der Waals surface area contributed by atoms with Crippen LogP contribution in [0.5, 0.6) is 5.75 Å². The molecule has 162 valence electrons. The van der Waals surface area contributed by atoms with Crippen LogP contribution in [0.2, 0.25) is 0 Å². The Morgan fingerprint density at radius 3 is 2.41 bits per heavy atom. The van der Waals surface area contributed by atoms with Gasteiger partial charge in [-0.2, -0.15) is 0 Å². The molecule has 0 radical (unpaired) electrons. The van der Waals surface area contributed by atoms with Crippen LogP contribution in [0.25, 0.3) is 11.5 Å². The van der Waals surface area contributed by atoms with Gasteiger partial charge in [0.25, 0.3) is 5.91 Å². The molecule has 0 aliphatic rings. The minimum atomic E-state index is -0.842. The number of nitrogens with one attached hydrogen (secondary N) is 1. The number of aryl methyl sites for hydroxylation is 2. The standard InChI is InChI=1S/C25H20F2N2O3/c1-15-3-10-20(11-4-15)31-14-23-16(2)32-25(29-23)18-7-5-17(6-8-18)24(30)28-22-12-9-19(26)13-21(22)27/h3-13H,14H2,1-2H3,(H,28,30). The number of amides is 1. The summed E-state index contributed by atoms with van der Waals surface area (Å²) < 4.78 is 38.3. The molecule has 0 spiro atoms. The number of hydrogen-bond acceptors (Lipinski definition) is 4. The number of anilines is 1. The Morgan fingerprint density at radius 2 is 1.72 bits per heavy atom. The minimum absolute atomic E-state index is 0.0954. The van der Waals surface area contributed by atoms with Crippen molar-refractivity contribution in [2.75, 3.05) is 5.32 Å². The molecular weight excluding hydrogens is 414 g/mol. The van der Waals surface area contributed by atoms with E-state index < -0.39 is 17.5 Å². The van der Waals surface area contributed by atoms with Gasteiger partial charge in [-0.3, -0.25) is 4.79 Å². The molecule has 7 heteroatoms. The van der Waals surface area contributed by atoms with E-state index in [1.54, 1.807) is 24.3 Å². The molecule has 0 aliphatic carbocycles. The zero-order valence-electron chi connectivity index (χ0n) is 17.5. The lowest BCUT2D eigenvalue weighted by atomic mass is 10.1. The average Bonchev–Trinajstić information content (AvgIpc) is 3.16. The van der Waals surface area contributed by atoms with E-state index in [0.717, 1.165) is 17.4 Å². The average molecular weight is 434 g/mol. The maximum atomic E-state index is 13.8. The van der Waals surface area contributed by atoms with Crippen molar-refractivity contribution in [1.29, 1.82) is 0 Å². The van der Waals surface area contributed by atoms with Gasteiger partial charge < -0.3 is 14.5 Å². The van der Waals surface area contributed by atoms with Crippen LogP contribution in [0.4, 0.5) is 14.5 Å². The van der Waals surface area contributed by atoms with E-state index in [9.17, 15) is 13.6 Å². The summed E-state index contributed by atoms with van der Waals surface area (Å²) in [6, 6.07) is 17.2. The highest BCUT2D eigenvalue weighted by molar-refractivity contribution is 6.04. The number of carbonyl (C=O) groups excluding carboxylic acids is 1. The van der Waals surface area contributed by atoms with Crippen molar-refractivity contribution in [1.82, 2.24) is 4.98 Å². The largest absolute Gasteiger partial charge is 0.487 e. The lowest BCUT2D eigenvalue weighted by Gasteiger charge is -2.07. The Hall–Kier alpha value is -4.00. The number of ether oxygens (including phenoxy) is 1. The van der Waals surface area contributed by atoms with Crippen LogP contribution in [-0.2, 0) is 6.61 Å². The third kappa shape index (κ3) is 4.83. The molecule has 0 saturated heterocycles. The van der Waals surface area contributed by atoms with Gasteiger partial charge in [0.15, 0.2) is 0 Å². The van der Waals surface area contributed by atoms with E-state index in [-0.39, 0.29) is 12.3 Å². The predicted octanol–water partition coefficient (Wildman–Crippen LogP) is 6.07. The van der Waals surface area contributed by atoms with Crippen LogP contribution >= 0.6 is 0 Å². The number of carbonyl (C=O) groups is 1. The Bertz CT molecular complexity index is 1250. The van der Waals surface area contributed by atoms with Gasteiger partial charge in [0.05, 0.1) is 5.69 Å². The van der Waals surface area contributed by atoms with Gasteiger partial charge in [0, 0.05) is 17.2 Å². The number of nitrogens with zero attached hydrogens (tertiary/aromatic N) is 1. The summed E-state index contributed by atoms with van der Waals surface area (Å²) in [5, 5.41) is 2.43. The summed E-state index contributed by atoms with van der Waals surface area (Å²) in [6.07, 6.45) is 0. The number of rotatable bonds is 6. The quantitative estimate of drug-likeness (QED) is 0.400. The third-order valence-corrected chi connectivity index (χ3v) is 4.86. The second kappa shape index (κ2) is 9.01. The molecule has 3 aromatic carbocycles. The zero-order valence-corrected chi connectivity index (χ0v) is 17.5. The number of oxazole rings is 1. The number of aromatic nitrogens is 1. The Labute approximate surface area is 183 Å². The molecule has 5 nitrogen and oxygen atoms in total. The first-order valence-corrected chi connectivity index (χ1v) is 9.91. The van der Waals surface area contributed by atoms with Gasteiger partial charge in [-0.15, -0.1) is 0 Å². The normalized spacial score (nSPS) is 10.8. The first-order chi connectivity index (χ1) is 15.4. The topological polar surface area (TPSA) is 64.4 Å². The molecule has 1 heterocycles.